The fraction of sp³-hybridized carbons (Fsp3) is 0.190. The average molecular weight is 369 g/mol. The van der Waals surface area contributed by atoms with Gasteiger partial charge in [0, 0.05) is 16.0 Å². The number of rotatable bonds is 4. The highest BCUT2D eigenvalue weighted by atomic mass is 35.5. The van der Waals surface area contributed by atoms with Crippen molar-refractivity contribution >= 4 is 34.1 Å². The van der Waals surface area contributed by atoms with Gasteiger partial charge in [0.2, 0.25) is 0 Å². The Morgan fingerprint density at radius 1 is 1.00 bits per heavy atom. The Kier molecular flexibility index (Phi) is 4.79. The number of carbonyl (C=O) groups is 2. The zero-order chi connectivity index (χ0) is 19.0. The minimum Gasteiger partial charge on any atom is -0.422 e. The van der Waals surface area contributed by atoms with Gasteiger partial charge in [-0.2, -0.15) is 0 Å². The molecular formula is C21H17ClO4. The Labute approximate surface area is 155 Å². The normalized spacial score (nSPS) is 11.1. The van der Waals surface area contributed by atoms with Crippen LogP contribution >= 0.6 is 11.6 Å². The van der Waals surface area contributed by atoms with E-state index >= 15 is 0 Å². The SMILES string of the molecule is CC(=O)c1c(C(=O)c2ccc(C(C)C)cc2)c2cc(Cl)ccc2oc1=O. The summed E-state index contributed by atoms with van der Waals surface area (Å²) in [5.41, 5.74) is 0.653. The summed E-state index contributed by atoms with van der Waals surface area (Å²) < 4.78 is 5.20. The van der Waals surface area contributed by atoms with Gasteiger partial charge in [0.1, 0.15) is 11.1 Å². The van der Waals surface area contributed by atoms with E-state index in [1.54, 1.807) is 18.2 Å². The molecular weight excluding hydrogens is 352 g/mol. The molecule has 5 heteroatoms. The summed E-state index contributed by atoms with van der Waals surface area (Å²) in [5, 5.41) is 0.727. The molecule has 0 aliphatic carbocycles. The summed E-state index contributed by atoms with van der Waals surface area (Å²) in [4.78, 5) is 37.5. The first-order valence-electron chi connectivity index (χ1n) is 8.21. The standard InChI is InChI=1S/C21H17ClO4/c1-11(2)13-4-6-14(7-5-13)20(24)19-16-10-15(22)8-9-17(16)26-21(25)18(19)12(3)23/h4-11H,1-3H3. The van der Waals surface area contributed by atoms with Crippen LogP contribution in [0.3, 0.4) is 0 Å². The lowest BCUT2D eigenvalue weighted by Gasteiger charge is -2.11. The van der Waals surface area contributed by atoms with Gasteiger partial charge in [0.05, 0.1) is 5.56 Å². The number of hydrogen-bond donors (Lipinski definition) is 0. The molecule has 0 unspecified atom stereocenters. The third-order valence-corrected chi connectivity index (χ3v) is 4.52. The number of hydrogen-bond acceptors (Lipinski definition) is 4. The molecule has 1 heterocycles. The Hall–Kier alpha value is -2.72. The molecule has 0 saturated heterocycles. The quantitative estimate of drug-likeness (QED) is 0.480. The van der Waals surface area contributed by atoms with E-state index in [4.69, 9.17) is 16.0 Å². The fourth-order valence-corrected chi connectivity index (χ4v) is 3.07. The van der Waals surface area contributed by atoms with Crippen molar-refractivity contribution in [3.05, 3.63) is 80.2 Å². The second kappa shape index (κ2) is 6.89. The van der Waals surface area contributed by atoms with Gasteiger partial charge in [-0.25, -0.2) is 4.79 Å². The van der Waals surface area contributed by atoms with E-state index in [2.05, 4.69) is 13.8 Å². The lowest BCUT2D eigenvalue weighted by atomic mass is 9.93. The molecule has 1 aromatic heterocycles. The number of fused-ring (bicyclic) bond motifs is 1. The Bertz CT molecular complexity index is 1080. The summed E-state index contributed by atoms with van der Waals surface area (Å²) in [5.74, 6) is -0.608. The molecule has 0 N–H and O–H groups in total. The summed E-state index contributed by atoms with van der Waals surface area (Å²) in [7, 11) is 0. The van der Waals surface area contributed by atoms with Crippen molar-refractivity contribution in [2.45, 2.75) is 26.7 Å². The monoisotopic (exact) mass is 368 g/mol. The number of benzene rings is 2. The second-order valence-electron chi connectivity index (χ2n) is 6.44. The summed E-state index contributed by atoms with van der Waals surface area (Å²) in [6, 6.07) is 11.7. The molecule has 0 spiro atoms. The minimum absolute atomic E-state index is 0.0311. The van der Waals surface area contributed by atoms with Crippen molar-refractivity contribution in [3.8, 4) is 0 Å². The highest BCUT2D eigenvalue weighted by molar-refractivity contribution is 6.32. The van der Waals surface area contributed by atoms with Crippen molar-refractivity contribution in [2.24, 2.45) is 0 Å². The molecule has 3 rings (SSSR count). The first-order chi connectivity index (χ1) is 12.3. The number of halogens is 1. The predicted molar refractivity (Wildman–Crippen MR) is 101 cm³/mol. The number of carbonyl (C=O) groups excluding carboxylic acids is 2. The lowest BCUT2D eigenvalue weighted by Crippen LogP contribution is -2.19. The molecule has 0 atom stereocenters. The van der Waals surface area contributed by atoms with Gasteiger partial charge in [-0.3, -0.25) is 9.59 Å². The molecule has 0 aliphatic heterocycles. The zero-order valence-corrected chi connectivity index (χ0v) is 15.4. The molecule has 26 heavy (non-hydrogen) atoms. The van der Waals surface area contributed by atoms with Crippen LogP contribution < -0.4 is 5.63 Å². The van der Waals surface area contributed by atoms with Crippen molar-refractivity contribution in [3.63, 3.8) is 0 Å². The molecule has 0 bridgehead atoms. The van der Waals surface area contributed by atoms with Crippen molar-refractivity contribution in [1.29, 1.82) is 0 Å². The van der Waals surface area contributed by atoms with Crippen molar-refractivity contribution in [2.75, 3.05) is 0 Å². The Morgan fingerprint density at radius 2 is 1.65 bits per heavy atom. The molecule has 0 aliphatic rings. The largest absolute Gasteiger partial charge is 0.422 e. The first-order valence-corrected chi connectivity index (χ1v) is 8.59. The van der Waals surface area contributed by atoms with Crippen LogP contribution in [0.1, 0.15) is 58.5 Å². The highest BCUT2D eigenvalue weighted by Crippen LogP contribution is 2.27. The van der Waals surface area contributed by atoms with Crippen LogP contribution in [0, 0.1) is 0 Å². The first kappa shape index (κ1) is 18.1. The Balaban J connectivity index is 2.29. The van der Waals surface area contributed by atoms with Gasteiger partial charge in [-0.05, 0) is 36.6 Å². The maximum atomic E-state index is 13.2. The van der Waals surface area contributed by atoms with E-state index in [1.807, 2.05) is 12.1 Å². The van der Waals surface area contributed by atoms with Crippen LogP contribution in [0.15, 0.2) is 51.7 Å². The van der Waals surface area contributed by atoms with Gasteiger partial charge in [-0.1, -0.05) is 49.7 Å². The van der Waals surface area contributed by atoms with E-state index in [1.165, 1.54) is 19.1 Å². The molecule has 132 valence electrons. The Morgan fingerprint density at radius 3 is 2.23 bits per heavy atom. The zero-order valence-electron chi connectivity index (χ0n) is 14.6. The summed E-state index contributed by atoms with van der Waals surface area (Å²) in [6.45, 7) is 5.35. The predicted octanol–water partition coefficient (Wildman–Crippen LogP) is 5.00. The van der Waals surface area contributed by atoms with Gasteiger partial charge in [-0.15, -0.1) is 0 Å². The molecule has 0 amide bonds. The molecule has 0 saturated carbocycles. The minimum atomic E-state index is -0.825. The van der Waals surface area contributed by atoms with E-state index in [0.717, 1.165) is 5.56 Å². The second-order valence-corrected chi connectivity index (χ2v) is 6.88. The molecule has 4 nitrogen and oxygen atoms in total. The van der Waals surface area contributed by atoms with Crippen LogP contribution in [0.5, 0.6) is 0 Å². The van der Waals surface area contributed by atoms with Gasteiger partial charge >= 0.3 is 5.63 Å². The van der Waals surface area contributed by atoms with Gasteiger partial charge in [0.15, 0.2) is 11.6 Å². The van der Waals surface area contributed by atoms with Crippen LogP contribution in [0.25, 0.3) is 11.0 Å². The molecule has 2 aromatic carbocycles. The maximum absolute atomic E-state index is 13.2. The topological polar surface area (TPSA) is 64.3 Å². The van der Waals surface area contributed by atoms with Gasteiger partial charge in [0.25, 0.3) is 0 Å². The maximum Gasteiger partial charge on any atom is 0.347 e. The van der Waals surface area contributed by atoms with E-state index in [9.17, 15) is 14.4 Å². The molecule has 0 fully saturated rings. The van der Waals surface area contributed by atoms with Crippen LogP contribution in [-0.4, -0.2) is 11.6 Å². The third-order valence-electron chi connectivity index (χ3n) is 4.29. The number of ketones is 2. The summed E-state index contributed by atoms with van der Waals surface area (Å²) in [6.07, 6.45) is 0. The van der Waals surface area contributed by atoms with Gasteiger partial charge < -0.3 is 4.42 Å². The molecule has 3 aromatic rings. The summed E-state index contributed by atoms with van der Waals surface area (Å²) >= 11 is 6.05. The lowest BCUT2D eigenvalue weighted by molar-refractivity contribution is 0.0987. The van der Waals surface area contributed by atoms with Crippen molar-refractivity contribution in [1.82, 2.24) is 0 Å². The fourth-order valence-electron chi connectivity index (χ4n) is 2.89. The number of Topliss-reactive ketones (excluding diaryl/α,β-unsaturated/α-hetero) is 1. The van der Waals surface area contributed by atoms with E-state index in [-0.39, 0.29) is 16.7 Å². The highest BCUT2D eigenvalue weighted by Gasteiger charge is 2.24. The van der Waals surface area contributed by atoms with Crippen molar-refractivity contribution < 1.29 is 14.0 Å². The average Bonchev–Trinajstić information content (AvgIpc) is 2.60. The van der Waals surface area contributed by atoms with Crippen LogP contribution in [0.2, 0.25) is 5.02 Å². The smallest absolute Gasteiger partial charge is 0.347 e. The molecule has 0 radical (unpaired) electrons. The van der Waals surface area contributed by atoms with Crippen LogP contribution in [-0.2, 0) is 0 Å². The van der Waals surface area contributed by atoms with E-state index in [0.29, 0.717) is 21.9 Å². The third kappa shape index (κ3) is 3.20. The van der Waals surface area contributed by atoms with Crippen LogP contribution in [0.4, 0.5) is 0 Å². The van der Waals surface area contributed by atoms with E-state index < -0.39 is 17.2 Å².